The summed E-state index contributed by atoms with van der Waals surface area (Å²) in [5.74, 6) is 0. The summed E-state index contributed by atoms with van der Waals surface area (Å²) in [6, 6.07) is 67.3. The summed E-state index contributed by atoms with van der Waals surface area (Å²) in [4.78, 5) is 0. The van der Waals surface area contributed by atoms with Gasteiger partial charge in [-0.1, -0.05) is 158 Å². The minimum Gasteiger partial charge on any atom is -0.456 e. The van der Waals surface area contributed by atoms with E-state index in [4.69, 9.17) is 4.42 Å². The lowest BCUT2D eigenvalue weighted by Crippen LogP contribution is -2.25. The van der Waals surface area contributed by atoms with Crippen molar-refractivity contribution in [1.82, 2.24) is 0 Å². The molecule has 0 saturated carbocycles. The van der Waals surface area contributed by atoms with Crippen molar-refractivity contribution in [2.24, 2.45) is 0 Å². The summed E-state index contributed by atoms with van der Waals surface area (Å²) in [6.07, 6.45) is 0. The second kappa shape index (κ2) is 10.2. The van der Waals surface area contributed by atoms with Gasteiger partial charge >= 0.3 is 0 Å². The summed E-state index contributed by atoms with van der Waals surface area (Å²) in [6.45, 7) is 0. The molecule has 0 aliphatic heterocycles. The normalized spacial score (nSPS) is 13.5. The minimum absolute atomic E-state index is 0.386. The highest BCUT2D eigenvalue weighted by Gasteiger charge is 2.51. The van der Waals surface area contributed by atoms with E-state index in [9.17, 15) is 0 Å². The maximum atomic E-state index is 6.40. The van der Waals surface area contributed by atoms with E-state index in [2.05, 4.69) is 176 Å². The minimum atomic E-state index is -0.386. The van der Waals surface area contributed by atoms with Crippen LogP contribution in [-0.4, -0.2) is 0 Å². The Bertz CT molecular complexity index is 3020. The first-order valence-corrected chi connectivity index (χ1v) is 18.1. The van der Waals surface area contributed by atoms with Crippen molar-refractivity contribution < 1.29 is 4.42 Å². The van der Waals surface area contributed by atoms with E-state index in [0.29, 0.717) is 0 Å². The molecule has 0 fully saturated rings. The lowest BCUT2D eigenvalue weighted by molar-refractivity contribution is 0.669. The van der Waals surface area contributed by atoms with Gasteiger partial charge in [-0.3, -0.25) is 0 Å². The quantitative estimate of drug-likeness (QED) is 0.169. The molecule has 0 atom stereocenters. The molecule has 1 heterocycles. The molecule has 0 unspecified atom stereocenters. The molecular formula is C51H30O. The first kappa shape index (κ1) is 28.0. The van der Waals surface area contributed by atoms with Crippen LogP contribution in [0.1, 0.15) is 22.3 Å². The smallest absolute Gasteiger partial charge is 0.136 e. The second-order valence-corrected chi connectivity index (χ2v) is 14.3. The average molecular weight is 659 g/mol. The molecule has 9 aromatic carbocycles. The number of para-hydroxylation sites is 1. The molecule has 12 rings (SSSR count). The van der Waals surface area contributed by atoms with Gasteiger partial charge in [0.15, 0.2) is 0 Å². The van der Waals surface area contributed by atoms with Gasteiger partial charge in [0.25, 0.3) is 0 Å². The Labute approximate surface area is 301 Å². The topological polar surface area (TPSA) is 13.1 Å². The molecule has 0 bridgehead atoms. The van der Waals surface area contributed by atoms with Crippen molar-refractivity contribution in [1.29, 1.82) is 0 Å². The third kappa shape index (κ3) is 3.48. The zero-order chi connectivity index (χ0) is 34.0. The van der Waals surface area contributed by atoms with Gasteiger partial charge < -0.3 is 4.42 Å². The van der Waals surface area contributed by atoms with E-state index >= 15 is 0 Å². The summed E-state index contributed by atoms with van der Waals surface area (Å²) in [5.41, 5.74) is 17.1. The van der Waals surface area contributed by atoms with Crippen LogP contribution in [0.25, 0.3) is 88.0 Å². The summed E-state index contributed by atoms with van der Waals surface area (Å²) >= 11 is 0. The molecule has 2 aliphatic carbocycles. The van der Waals surface area contributed by atoms with Crippen LogP contribution >= 0.6 is 0 Å². The third-order valence-corrected chi connectivity index (χ3v) is 11.9. The number of furan rings is 1. The Morgan fingerprint density at radius 3 is 1.25 bits per heavy atom. The number of hydrogen-bond acceptors (Lipinski definition) is 1. The fraction of sp³-hybridized carbons (Fsp3) is 0.0196. The molecule has 2 aliphatic rings. The standard InChI is InChI=1S/C51H30O/c1-3-19-41-39(17-1)49(40-18-2-4-20-42(40)50(41)32-26-28-38-37-16-8-12-24-47(37)52-48(38)30-32)31-25-27-36-35-15-7-11-23-45(35)51(46(36)29-31)43-21-9-5-13-33(43)34-14-6-10-22-44(34)51/h1-30H. The highest BCUT2D eigenvalue weighted by atomic mass is 16.3. The Morgan fingerprint density at radius 2 is 0.692 bits per heavy atom. The lowest BCUT2D eigenvalue weighted by Gasteiger charge is -2.30. The van der Waals surface area contributed by atoms with E-state index in [0.717, 1.165) is 27.5 Å². The predicted octanol–water partition coefficient (Wildman–Crippen LogP) is 13.6. The molecule has 0 saturated heterocycles. The highest BCUT2D eigenvalue weighted by molar-refractivity contribution is 6.22. The molecule has 52 heavy (non-hydrogen) atoms. The third-order valence-electron chi connectivity index (χ3n) is 11.9. The van der Waals surface area contributed by atoms with Crippen molar-refractivity contribution >= 4 is 43.5 Å². The monoisotopic (exact) mass is 658 g/mol. The van der Waals surface area contributed by atoms with E-state index in [1.165, 1.54) is 82.7 Å². The molecule has 0 amide bonds. The van der Waals surface area contributed by atoms with Gasteiger partial charge in [-0.2, -0.15) is 0 Å². The van der Waals surface area contributed by atoms with Crippen LogP contribution in [-0.2, 0) is 5.41 Å². The first-order valence-electron chi connectivity index (χ1n) is 18.1. The van der Waals surface area contributed by atoms with Crippen molar-refractivity contribution in [3.05, 3.63) is 204 Å². The molecule has 1 spiro atoms. The molecule has 10 aromatic rings. The Kier molecular flexibility index (Phi) is 5.49. The van der Waals surface area contributed by atoms with E-state index in [1.807, 2.05) is 6.07 Å². The fourth-order valence-corrected chi connectivity index (χ4v) is 9.88. The van der Waals surface area contributed by atoms with Crippen LogP contribution in [0.4, 0.5) is 0 Å². The number of hydrogen-bond donors (Lipinski definition) is 0. The predicted molar refractivity (Wildman–Crippen MR) is 216 cm³/mol. The Balaban J connectivity index is 1.15. The van der Waals surface area contributed by atoms with Gasteiger partial charge in [0.2, 0.25) is 0 Å². The zero-order valence-corrected chi connectivity index (χ0v) is 28.2. The molecule has 1 nitrogen and oxygen atoms in total. The molecule has 0 radical (unpaired) electrons. The maximum Gasteiger partial charge on any atom is 0.136 e. The van der Waals surface area contributed by atoms with Crippen LogP contribution in [0.5, 0.6) is 0 Å². The van der Waals surface area contributed by atoms with Gasteiger partial charge in [-0.25, -0.2) is 0 Å². The van der Waals surface area contributed by atoms with Crippen LogP contribution in [0, 0.1) is 0 Å². The molecular weight excluding hydrogens is 629 g/mol. The second-order valence-electron chi connectivity index (χ2n) is 14.3. The highest BCUT2D eigenvalue weighted by Crippen LogP contribution is 2.63. The SMILES string of the molecule is c1ccc2c(c1)-c1ccccc1C21c2ccccc2-c2ccc(-c3c4ccccc4c(-c4ccc5c(c4)oc4ccccc45)c4ccccc34)cc21. The van der Waals surface area contributed by atoms with Gasteiger partial charge in [0, 0.05) is 10.8 Å². The lowest BCUT2D eigenvalue weighted by atomic mass is 9.70. The van der Waals surface area contributed by atoms with Gasteiger partial charge in [-0.05, 0) is 113 Å². The van der Waals surface area contributed by atoms with Crippen LogP contribution < -0.4 is 0 Å². The largest absolute Gasteiger partial charge is 0.456 e. The molecule has 0 N–H and O–H groups in total. The van der Waals surface area contributed by atoms with Crippen LogP contribution in [0.2, 0.25) is 0 Å². The molecule has 1 aromatic heterocycles. The number of fused-ring (bicyclic) bond motifs is 15. The summed E-state index contributed by atoms with van der Waals surface area (Å²) in [7, 11) is 0. The van der Waals surface area contributed by atoms with Crippen molar-refractivity contribution in [3.8, 4) is 44.5 Å². The molecule has 240 valence electrons. The maximum absolute atomic E-state index is 6.40. The van der Waals surface area contributed by atoms with Gasteiger partial charge in [0.1, 0.15) is 11.2 Å². The van der Waals surface area contributed by atoms with Crippen LogP contribution in [0.15, 0.2) is 186 Å². The Morgan fingerprint density at radius 1 is 0.288 bits per heavy atom. The van der Waals surface area contributed by atoms with Crippen LogP contribution in [0.3, 0.4) is 0 Å². The zero-order valence-electron chi connectivity index (χ0n) is 28.2. The van der Waals surface area contributed by atoms with E-state index in [-0.39, 0.29) is 5.41 Å². The Hall–Kier alpha value is -6.70. The van der Waals surface area contributed by atoms with Crippen molar-refractivity contribution in [2.45, 2.75) is 5.41 Å². The summed E-state index contributed by atoms with van der Waals surface area (Å²) in [5, 5.41) is 7.27. The van der Waals surface area contributed by atoms with E-state index in [1.54, 1.807) is 0 Å². The van der Waals surface area contributed by atoms with Crippen molar-refractivity contribution in [2.75, 3.05) is 0 Å². The number of benzene rings is 9. The molecule has 1 heteroatoms. The first-order chi connectivity index (χ1) is 25.8. The summed E-state index contributed by atoms with van der Waals surface area (Å²) < 4.78 is 6.40. The van der Waals surface area contributed by atoms with Gasteiger partial charge in [-0.15, -0.1) is 0 Å². The van der Waals surface area contributed by atoms with Crippen molar-refractivity contribution in [3.63, 3.8) is 0 Å². The number of rotatable bonds is 2. The van der Waals surface area contributed by atoms with E-state index < -0.39 is 0 Å². The fourth-order valence-electron chi connectivity index (χ4n) is 9.88. The van der Waals surface area contributed by atoms with Gasteiger partial charge in [0.05, 0.1) is 5.41 Å². The average Bonchev–Trinajstić information content (AvgIpc) is 3.83.